The number of carbonyl (C=O) groups excluding carboxylic acids is 1. The predicted molar refractivity (Wildman–Crippen MR) is 123 cm³/mol. The van der Waals surface area contributed by atoms with Gasteiger partial charge in [0.2, 0.25) is 10.0 Å². The Balaban J connectivity index is 1.32. The van der Waals surface area contributed by atoms with Crippen LogP contribution < -0.4 is 10.0 Å². The van der Waals surface area contributed by atoms with E-state index in [-0.39, 0.29) is 16.6 Å². The van der Waals surface area contributed by atoms with Crippen LogP contribution in [0.15, 0.2) is 53.4 Å². The molecule has 0 aliphatic carbocycles. The molecule has 0 bridgehead atoms. The Morgan fingerprint density at radius 2 is 1.88 bits per heavy atom. The SMILES string of the molecule is O=C(Nc1ccc(S(=O)(=O)NCCCN2CCOCC2)cc1)c1cc2c(F)cccc2s1. The van der Waals surface area contributed by atoms with E-state index in [4.69, 9.17) is 4.74 Å². The quantitative estimate of drug-likeness (QED) is 0.486. The summed E-state index contributed by atoms with van der Waals surface area (Å²) >= 11 is 1.20. The van der Waals surface area contributed by atoms with Crippen LogP contribution in [-0.2, 0) is 14.8 Å². The van der Waals surface area contributed by atoms with E-state index in [1.54, 1.807) is 12.1 Å². The lowest BCUT2D eigenvalue weighted by Gasteiger charge is -2.26. The first kappa shape index (κ1) is 22.8. The first-order chi connectivity index (χ1) is 15.4. The summed E-state index contributed by atoms with van der Waals surface area (Å²) in [6.45, 7) is 4.34. The molecule has 1 amide bonds. The van der Waals surface area contributed by atoms with Gasteiger partial charge in [-0.2, -0.15) is 0 Å². The molecular weight excluding hydrogens is 453 g/mol. The molecule has 32 heavy (non-hydrogen) atoms. The lowest BCUT2D eigenvalue weighted by Crippen LogP contribution is -2.38. The third kappa shape index (κ3) is 5.51. The highest BCUT2D eigenvalue weighted by molar-refractivity contribution is 7.89. The Hall–Kier alpha value is -2.37. The van der Waals surface area contributed by atoms with Crippen molar-refractivity contribution in [1.29, 1.82) is 0 Å². The van der Waals surface area contributed by atoms with Gasteiger partial charge in [-0.1, -0.05) is 6.07 Å². The summed E-state index contributed by atoms with van der Waals surface area (Å²) in [4.78, 5) is 15.3. The second-order valence-electron chi connectivity index (χ2n) is 7.45. The van der Waals surface area contributed by atoms with Crippen LogP contribution in [0, 0.1) is 5.82 Å². The summed E-state index contributed by atoms with van der Waals surface area (Å²) in [6.07, 6.45) is 0.711. The highest BCUT2D eigenvalue weighted by Gasteiger charge is 2.16. The maximum Gasteiger partial charge on any atom is 0.265 e. The van der Waals surface area contributed by atoms with Crippen LogP contribution in [0.5, 0.6) is 0 Å². The summed E-state index contributed by atoms with van der Waals surface area (Å²) in [6, 6.07) is 12.2. The molecule has 2 heterocycles. The number of halogens is 1. The van der Waals surface area contributed by atoms with Gasteiger partial charge in [-0.05, 0) is 55.4 Å². The van der Waals surface area contributed by atoms with Gasteiger partial charge < -0.3 is 10.1 Å². The average molecular weight is 478 g/mol. The van der Waals surface area contributed by atoms with E-state index in [1.165, 1.54) is 47.7 Å². The molecule has 0 spiro atoms. The molecule has 2 aromatic carbocycles. The summed E-state index contributed by atoms with van der Waals surface area (Å²) in [5.74, 6) is -0.743. The fourth-order valence-electron chi connectivity index (χ4n) is 3.46. The molecule has 0 radical (unpaired) electrons. The summed E-state index contributed by atoms with van der Waals surface area (Å²) in [5, 5.41) is 3.13. The van der Waals surface area contributed by atoms with E-state index in [2.05, 4.69) is 14.9 Å². The summed E-state index contributed by atoms with van der Waals surface area (Å²) in [5.41, 5.74) is 0.458. The van der Waals surface area contributed by atoms with Crippen LogP contribution in [0.2, 0.25) is 0 Å². The molecular formula is C22H24FN3O4S2. The molecule has 4 rings (SSSR count). The number of carbonyl (C=O) groups is 1. The molecule has 0 unspecified atom stereocenters. The van der Waals surface area contributed by atoms with E-state index < -0.39 is 10.0 Å². The number of thiophene rings is 1. The van der Waals surface area contributed by atoms with Crippen molar-refractivity contribution in [2.75, 3.05) is 44.7 Å². The van der Waals surface area contributed by atoms with Crippen molar-refractivity contribution < 1.29 is 22.3 Å². The van der Waals surface area contributed by atoms with Crippen LogP contribution in [0.3, 0.4) is 0 Å². The number of nitrogens with one attached hydrogen (secondary N) is 2. The smallest absolute Gasteiger partial charge is 0.265 e. The summed E-state index contributed by atoms with van der Waals surface area (Å²) in [7, 11) is -3.63. The topological polar surface area (TPSA) is 87.7 Å². The fourth-order valence-corrected chi connectivity index (χ4v) is 5.51. The van der Waals surface area contributed by atoms with Crippen molar-refractivity contribution in [3.8, 4) is 0 Å². The zero-order chi connectivity index (χ0) is 22.6. The lowest BCUT2D eigenvalue weighted by molar-refractivity contribution is 0.0376. The zero-order valence-corrected chi connectivity index (χ0v) is 19.0. The number of amides is 1. The number of anilines is 1. The Kier molecular flexibility index (Phi) is 7.17. The number of ether oxygens (including phenoxy) is 1. The Morgan fingerprint density at radius 1 is 1.12 bits per heavy atom. The van der Waals surface area contributed by atoms with E-state index in [0.717, 1.165) is 19.6 Å². The molecule has 1 saturated heterocycles. The number of morpholine rings is 1. The molecule has 1 aromatic heterocycles. The minimum absolute atomic E-state index is 0.130. The standard InChI is InChI=1S/C22H24FN3O4S2/c23-19-3-1-4-20-18(19)15-21(31-20)22(27)25-16-5-7-17(8-6-16)32(28,29)24-9-2-10-26-11-13-30-14-12-26/h1,3-8,15,24H,2,9-14H2,(H,25,27). The van der Waals surface area contributed by atoms with Crippen LogP contribution in [0.25, 0.3) is 10.1 Å². The van der Waals surface area contributed by atoms with Gasteiger partial charge in [0.1, 0.15) is 5.82 Å². The Labute approximate surface area is 190 Å². The molecule has 170 valence electrons. The van der Waals surface area contributed by atoms with Crippen molar-refractivity contribution in [1.82, 2.24) is 9.62 Å². The van der Waals surface area contributed by atoms with Crippen LogP contribution in [0.1, 0.15) is 16.1 Å². The van der Waals surface area contributed by atoms with Crippen molar-refractivity contribution in [3.63, 3.8) is 0 Å². The summed E-state index contributed by atoms with van der Waals surface area (Å²) < 4.78 is 47.5. The van der Waals surface area contributed by atoms with E-state index in [0.29, 0.717) is 46.8 Å². The van der Waals surface area contributed by atoms with Gasteiger partial charge >= 0.3 is 0 Å². The number of fused-ring (bicyclic) bond motifs is 1. The molecule has 3 aromatic rings. The number of rotatable bonds is 8. The fraction of sp³-hybridized carbons (Fsp3) is 0.318. The lowest BCUT2D eigenvalue weighted by atomic mass is 10.2. The molecule has 1 aliphatic rings. The first-order valence-corrected chi connectivity index (χ1v) is 12.6. The van der Waals surface area contributed by atoms with Gasteiger partial charge in [-0.25, -0.2) is 17.5 Å². The molecule has 0 saturated carbocycles. The van der Waals surface area contributed by atoms with Gasteiger partial charge in [-0.15, -0.1) is 11.3 Å². The third-order valence-corrected chi connectivity index (χ3v) is 7.78. The van der Waals surface area contributed by atoms with Gasteiger partial charge in [0.25, 0.3) is 5.91 Å². The molecule has 0 atom stereocenters. The maximum atomic E-state index is 13.9. The zero-order valence-electron chi connectivity index (χ0n) is 17.3. The van der Waals surface area contributed by atoms with Crippen molar-refractivity contribution in [2.24, 2.45) is 0 Å². The number of hydrogen-bond acceptors (Lipinski definition) is 6. The van der Waals surface area contributed by atoms with Crippen molar-refractivity contribution >= 4 is 43.0 Å². The van der Waals surface area contributed by atoms with Gasteiger partial charge in [-0.3, -0.25) is 9.69 Å². The second kappa shape index (κ2) is 10.1. The van der Waals surface area contributed by atoms with Crippen LogP contribution in [-0.4, -0.2) is 58.6 Å². The van der Waals surface area contributed by atoms with Crippen LogP contribution in [0.4, 0.5) is 10.1 Å². The number of benzene rings is 2. The minimum Gasteiger partial charge on any atom is -0.379 e. The number of nitrogens with zero attached hydrogens (tertiary/aromatic N) is 1. The Morgan fingerprint density at radius 3 is 2.59 bits per heavy atom. The van der Waals surface area contributed by atoms with E-state index in [9.17, 15) is 17.6 Å². The van der Waals surface area contributed by atoms with Gasteiger partial charge in [0, 0.05) is 35.4 Å². The molecule has 7 nitrogen and oxygen atoms in total. The molecule has 2 N–H and O–H groups in total. The van der Waals surface area contributed by atoms with E-state index in [1.807, 2.05) is 0 Å². The number of hydrogen-bond donors (Lipinski definition) is 2. The largest absolute Gasteiger partial charge is 0.379 e. The van der Waals surface area contributed by atoms with Gasteiger partial charge in [0.05, 0.1) is 23.0 Å². The van der Waals surface area contributed by atoms with E-state index >= 15 is 0 Å². The highest BCUT2D eigenvalue weighted by Crippen LogP contribution is 2.28. The highest BCUT2D eigenvalue weighted by atomic mass is 32.2. The average Bonchev–Trinajstić information content (AvgIpc) is 3.24. The molecule has 10 heteroatoms. The second-order valence-corrected chi connectivity index (χ2v) is 10.3. The Bertz CT molecular complexity index is 1190. The maximum absolute atomic E-state index is 13.9. The molecule has 1 fully saturated rings. The van der Waals surface area contributed by atoms with Crippen LogP contribution >= 0.6 is 11.3 Å². The first-order valence-electron chi connectivity index (χ1n) is 10.3. The van der Waals surface area contributed by atoms with Crippen molar-refractivity contribution in [2.45, 2.75) is 11.3 Å². The predicted octanol–water partition coefficient (Wildman–Crippen LogP) is 3.29. The molecule has 1 aliphatic heterocycles. The van der Waals surface area contributed by atoms with Gasteiger partial charge in [0.15, 0.2) is 0 Å². The third-order valence-electron chi connectivity index (χ3n) is 5.20. The van der Waals surface area contributed by atoms with Crippen molar-refractivity contribution in [3.05, 3.63) is 59.2 Å². The number of sulfonamides is 1. The monoisotopic (exact) mass is 477 g/mol. The normalized spacial score (nSPS) is 15.2. The minimum atomic E-state index is -3.63.